The number of imidazole rings is 1. The van der Waals surface area contributed by atoms with Crippen LogP contribution in [0.2, 0.25) is 0 Å². The molecule has 2 heterocycles. The minimum absolute atomic E-state index is 0.00776. The molecule has 5 rings (SSSR count). The van der Waals surface area contributed by atoms with E-state index in [0.717, 1.165) is 18.4 Å². The summed E-state index contributed by atoms with van der Waals surface area (Å²) in [5.41, 5.74) is 1.58. The normalized spacial score (nSPS) is 24.6. The molecule has 13 heteroatoms. The quantitative estimate of drug-likeness (QED) is 0.415. The number of aryl methyl sites for hydroxylation is 1. The summed E-state index contributed by atoms with van der Waals surface area (Å²) in [5, 5.41) is 17.3. The molecule has 0 saturated heterocycles. The second-order valence-corrected chi connectivity index (χ2v) is 11.3. The molecule has 216 valence electrons. The Kier molecular flexibility index (Phi) is 7.83. The summed E-state index contributed by atoms with van der Waals surface area (Å²) in [6, 6.07) is -0.966. The highest BCUT2D eigenvalue weighted by atomic mass is 19.3. The van der Waals surface area contributed by atoms with Crippen molar-refractivity contribution in [2.75, 3.05) is 0 Å². The Hall–Kier alpha value is -3.51. The van der Waals surface area contributed by atoms with Crippen LogP contribution < -0.4 is 10.6 Å². The van der Waals surface area contributed by atoms with Gasteiger partial charge in [0, 0.05) is 19.6 Å². The van der Waals surface area contributed by atoms with Crippen molar-refractivity contribution < 1.29 is 27.4 Å². The van der Waals surface area contributed by atoms with Crippen LogP contribution >= 0.6 is 0 Å². The average molecular weight is 562 g/mol. The second-order valence-electron chi connectivity index (χ2n) is 11.3. The zero-order chi connectivity index (χ0) is 28.6. The lowest BCUT2D eigenvalue weighted by molar-refractivity contribution is -0.131. The van der Waals surface area contributed by atoms with Crippen molar-refractivity contribution in [2.24, 2.45) is 22.9 Å². The number of amides is 2. The van der Waals surface area contributed by atoms with Gasteiger partial charge in [0.2, 0.25) is 11.8 Å². The summed E-state index contributed by atoms with van der Waals surface area (Å²) < 4.78 is 47.9. The molecule has 3 aliphatic carbocycles. The van der Waals surface area contributed by atoms with Crippen LogP contribution in [0.25, 0.3) is 6.08 Å². The van der Waals surface area contributed by atoms with Crippen molar-refractivity contribution in [3.63, 3.8) is 0 Å². The summed E-state index contributed by atoms with van der Waals surface area (Å²) in [7, 11) is 0. The minimum Gasteiger partial charge on any atom is -0.349 e. The summed E-state index contributed by atoms with van der Waals surface area (Å²) in [6.45, 7) is 7.08. The van der Waals surface area contributed by atoms with Gasteiger partial charge in [-0.05, 0) is 81.0 Å². The molecular weight excluding hydrogens is 527 g/mol. The topological polar surface area (TPSA) is 127 Å². The first-order valence-electron chi connectivity index (χ1n) is 13.7. The van der Waals surface area contributed by atoms with E-state index < -0.39 is 30.0 Å². The van der Waals surface area contributed by atoms with E-state index in [0.29, 0.717) is 30.1 Å². The third-order valence-corrected chi connectivity index (χ3v) is 8.36. The fourth-order valence-corrected chi connectivity index (χ4v) is 5.58. The predicted molar refractivity (Wildman–Crippen MR) is 139 cm³/mol. The summed E-state index contributed by atoms with van der Waals surface area (Å²) in [6.07, 6.45) is 4.98. The smallest absolute Gasteiger partial charge is 0.276 e. The van der Waals surface area contributed by atoms with Crippen molar-refractivity contribution in [3.8, 4) is 0 Å². The summed E-state index contributed by atoms with van der Waals surface area (Å²) >= 11 is 0. The molecule has 0 radical (unpaired) electrons. The third-order valence-electron chi connectivity index (χ3n) is 8.36. The zero-order valence-corrected chi connectivity index (χ0v) is 22.6. The second kappa shape index (κ2) is 11.2. The SMILES string of the molecule is C=Nn1cc([C@@H](NC(=O)c2nonc2C)C2CCC(F)(F)CC2)nc1/C=C(\C)[C@H](NC(=O)[C@H]1CC[C@@H]1F)C1CC1. The van der Waals surface area contributed by atoms with Crippen LogP contribution in [-0.2, 0) is 4.79 Å². The first kappa shape index (κ1) is 28.0. The van der Waals surface area contributed by atoms with Gasteiger partial charge in [0.25, 0.3) is 5.91 Å². The molecule has 2 aromatic rings. The molecule has 10 nitrogen and oxygen atoms in total. The molecule has 3 aliphatic rings. The number of hydrogen-bond acceptors (Lipinski definition) is 7. The maximum atomic E-state index is 14.0. The van der Waals surface area contributed by atoms with Gasteiger partial charge in [-0.2, -0.15) is 5.10 Å². The Morgan fingerprint density at radius 1 is 1.15 bits per heavy atom. The molecule has 3 saturated carbocycles. The number of aromatic nitrogens is 4. The largest absolute Gasteiger partial charge is 0.349 e. The molecule has 0 aromatic carbocycles. The minimum atomic E-state index is -2.74. The van der Waals surface area contributed by atoms with Crippen molar-refractivity contribution in [2.45, 2.75) is 89.4 Å². The number of hydrogen-bond donors (Lipinski definition) is 2. The molecule has 2 N–H and O–H groups in total. The van der Waals surface area contributed by atoms with E-state index in [9.17, 15) is 22.8 Å². The lowest BCUT2D eigenvalue weighted by atomic mass is 9.81. The molecule has 2 amide bonds. The highest BCUT2D eigenvalue weighted by molar-refractivity contribution is 5.93. The molecule has 2 aromatic heterocycles. The number of alkyl halides is 3. The molecule has 0 aliphatic heterocycles. The van der Waals surface area contributed by atoms with E-state index in [1.54, 1.807) is 19.2 Å². The van der Waals surface area contributed by atoms with Crippen LogP contribution in [0, 0.1) is 24.7 Å². The third kappa shape index (κ3) is 5.97. The number of rotatable bonds is 10. The monoisotopic (exact) mass is 561 g/mol. The van der Waals surface area contributed by atoms with Crippen LogP contribution in [-0.4, -0.2) is 56.6 Å². The Balaban J connectivity index is 1.41. The van der Waals surface area contributed by atoms with Gasteiger partial charge in [0.15, 0.2) is 11.5 Å². The van der Waals surface area contributed by atoms with Gasteiger partial charge in [0.05, 0.1) is 29.9 Å². The van der Waals surface area contributed by atoms with Gasteiger partial charge in [-0.1, -0.05) is 5.16 Å². The number of nitrogens with zero attached hydrogens (tertiary/aromatic N) is 5. The number of nitrogens with one attached hydrogen (secondary N) is 2. The van der Waals surface area contributed by atoms with Crippen LogP contribution in [0.3, 0.4) is 0 Å². The zero-order valence-electron chi connectivity index (χ0n) is 22.6. The van der Waals surface area contributed by atoms with Gasteiger partial charge < -0.3 is 10.6 Å². The fourth-order valence-electron chi connectivity index (χ4n) is 5.58. The van der Waals surface area contributed by atoms with Crippen molar-refractivity contribution in [3.05, 3.63) is 34.7 Å². The average Bonchev–Trinajstić information content (AvgIpc) is 3.53. The van der Waals surface area contributed by atoms with E-state index in [1.807, 2.05) is 6.92 Å². The lowest BCUT2D eigenvalue weighted by Crippen LogP contribution is -2.47. The molecule has 0 spiro atoms. The highest BCUT2D eigenvalue weighted by Gasteiger charge is 2.41. The Labute approximate surface area is 229 Å². The maximum absolute atomic E-state index is 14.0. The number of halogens is 3. The van der Waals surface area contributed by atoms with Crippen LogP contribution in [0.4, 0.5) is 13.2 Å². The van der Waals surface area contributed by atoms with Crippen molar-refractivity contribution in [1.29, 1.82) is 0 Å². The maximum Gasteiger partial charge on any atom is 0.276 e. The van der Waals surface area contributed by atoms with E-state index in [-0.39, 0.29) is 55.2 Å². The Bertz CT molecular complexity index is 1290. The predicted octanol–water partition coefficient (Wildman–Crippen LogP) is 4.38. The van der Waals surface area contributed by atoms with Gasteiger partial charge in [0.1, 0.15) is 11.9 Å². The molecule has 0 unspecified atom stereocenters. The Morgan fingerprint density at radius 2 is 1.88 bits per heavy atom. The first-order valence-corrected chi connectivity index (χ1v) is 13.7. The van der Waals surface area contributed by atoms with E-state index in [4.69, 9.17) is 4.98 Å². The van der Waals surface area contributed by atoms with Gasteiger partial charge in [-0.25, -0.2) is 27.5 Å². The summed E-state index contributed by atoms with van der Waals surface area (Å²) in [4.78, 5) is 30.4. The fraction of sp³-hybridized carbons (Fsp3) is 0.630. The van der Waals surface area contributed by atoms with E-state index in [1.165, 1.54) is 4.68 Å². The van der Waals surface area contributed by atoms with Crippen LogP contribution in [0.15, 0.2) is 21.5 Å². The standard InChI is InChI=1S/C27H34F3N7O3/c1-14(22(16-4-5-16)33-25(38)18-6-7-19(18)28)12-21-32-20(13-37(21)31-3)24(17-8-10-27(29,30)11-9-17)34-26(39)23-15(2)35-40-36-23/h12-13,16-19,22,24H,3-11H2,1-2H3,(H,33,38)(H,34,39)/b14-12+/t18-,19-,22-,24-/m0/s1. The summed E-state index contributed by atoms with van der Waals surface area (Å²) in [5.74, 6) is -3.80. The van der Waals surface area contributed by atoms with Crippen LogP contribution in [0.5, 0.6) is 0 Å². The lowest BCUT2D eigenvalue weighted by Gasteiger charge is -2.33. The highest BCUT2D eigenvalue weighted by Crippen LogP contribution is 2.42. The number of carbonyl (C=O) groups excluding carboxylic acids is 2. The molecule has 3 fully saturated rings. The van der Waals surface area contributed by atoms with E-state index >= 15 is 0 Å². The van der Waals surface area contributed by atoms with Crippen LogP contribution in [0.1, 0.15) is 92.0 Å². The Morgan fingerprint density at radius 3 is 2.42 bits per heavy atom. The molecule has 0 bridgehead atoms. The van der Waals surface area contributed by atoms with Gasteiger partial charge >= 0.3 is 0 Å². The molecule has 4 atom stereocenters. The van der Waals surface area contributed by atoms with Gasteiger partial charge in [-0.15, -0.1) is 0 Å². The molecule has 40 heavy (non-hydrogen) atoms. The molecular formula is C27H34F3N7O3. The first-order chi connectivity index (χ1) is 19.1. The van der Waals surface area contributed by atoms with Gasteiger partial charge in [-0.3, -0.25) is 9.59 Å². The number of carbonyl (C=O) groups is 2. The van der Waals surface area contributed by atoms with E-state index in [2.05, 4.69) is 37.4 Å². The van der Waals surface area contributed by atoms with Crippen molar-refractivity contribution >= 4 is 24.6 Å². The van der Waals surface area contributed by atoms with Crippen molar-refractivity contribution in [1.82, 2.24) is 30.6 Å².